The molecule has 90 valence electrons. The second-order valence-corrected chi connectivity index (χ2v) is 4.05. The fraction of sp³-hybridized carbons (Fsp3) is 0.583. The Kier molecular flexibility index (Phi) is 5.22. The van der Waals surface area contributed by atoms with Crippen molar-refractivity contribution >= 4 is 5.69 Å². The van der Waals surface area contributed by atoms with Crippen molar-refractivity contribution in [1.29, 1.82) is 0 Å². The van der Waals surface area contributed by atoms with Gasteiger partial charge in [-0.3, -0.25) is 4.98 Å². The van der Waals surface area contributed by atoms with Crippen molar-refractivity contribution in [3.05, 3.63) is 24.0 Å². The standard InChI is InChI=1S/C12H21N3O/c1-9(16-3)6-11(14-2)7-10-8-15-5-4-12(10)13/h4-5,8-9,11,14H,6-7H2,1-3H3,(H2,13,15). The minimum Gasteiger partial charge on any atom is -0.398 e. The Bertz CT molecular complexity index is 317. The van der Waals surface area contributed by atoms with Gasteiger partial charge in [0.15, 0.2) is 0 Å². The van der Waals surface area contributed by atoms with Crippen LogP contribution in [-0.2, 0) is 11.2 Å². The summed E-state index contributed by atoms with van der Waals surface area (Å²) < 4.78 is 5.26. The van der Waals surface area contributed by atoms with Crippen LogP contribution in [-0.4, -0.2) is 31.3 Å². The first-order valence-electron chi connectivity index (χ1n) is 5.55. The lowest BCUT2D eigenvalue weighted by atomic mass is 10.0. The topological polar surface area (TPSA) is 60.2 Å². The number of ether oxygens (including phenoxy) is 1. The Hall–Kier alpha value is -1.13. The predicted octanol–water partition coefficient (Wildman–Crippen LogP) is 1.22. The van der Waals surface area contributed by atoms with Crippen molar-refractivity contribution in [2.24, 2.45) is 0 Å². The van der Waals surface area contributed by atoms with Crippen LogP contribution in [0.1, 0.15) is 18.9 Å². The molecule has 16 heavy (non-hydrogen) atoms. The van der Waals surface area contributed by atoms with E-state index in [2.05, 4.69) is 17.2 Å². The Morgan fingerprint density at radius 3 is 2.88 bits per heavy atom. The molecular weight excluding hydrogens is 202 g/mol. The zero-order valence-electron chi connectivity index (χ0n) is 10.2. The molecular formula is C12H21N3O. The quantitative estimate of drug-likeness (QED) is 0.761. The highest BCUT2D eigenvalue weighted by Gasteiger charge is 2.13. The lowest BCUT2D eigenvalue weighted by molar-refractivity contribution is 0.101. The van der Waals surface area contributed by atoms with Crippen molar-refractivity contribution in [3.63, 3.8) is 0 Å². The third-order valence-corrected chi connectivity index (χ3v) is 2.83. The molecule has 0 bridgehead atoms. The van der Waals surface area contributed by atoms with E-state index in [1.807, 2.05) is 19.3 Å². The molecule has 1 rings (SSSR count). The molecule has 0 amide bonds. The Morgan fingerprint density at radius 1 is 1.56 bits per heavy atom. The van der Waals surface area contributed by atoms with Gasteiger partial charge < -0.3 is 15.8 Å². The number of anilines is 1. The number of likely N-dealkylation sites (N-methyl/N-ethyl adjacent to an activating group) is 1. The van der Waals surface area contributed by atoms with E-state index in [-0.39, 0.29) is 6.10 Å². The van der Waals surface area contributed by atoms with Gasteiger partial charge >= 0.3 is 0 Å². The molecule has 2 atom stereocenters. The van der Waals surface area contributed by atoms with E-state index in [0.29, 0.717) is 6.04 Å². The minimum absolute atomic E-state index is 0.246. The van der Waals surface area contributed by atoms with Gasteiger partial charge in [0.25, 0.3) is 0 Å². The molecule has 4 nitrogen and oxygen atoms in total. The maximum Gasteiger partial charge on any atom is 0.0558 e. The molecule has 0 saturated heterocycles. The number of aromatic nitrogens is 1. The van der Waals surface area contributed by atoms with Crippen LogP contribution in [0.2, 0.25) is 0 Å². The molecule has 1 heterocycles. The smallest absolute Gasteiger partial charge is 0.0558 e. The summed E-state index contributed by atoms with van der Waals surface area (Å²) >= 11 is 0. The number of rotatable bonds is 6. The summed E-state index contributed by atoms with van der Waals surface area (Å²) in [6, 6.07) is 2.20. The number of nitrogens with two attached hydrogens (primary N) is 1. The van der Waals surface area contributed by atoms with Crippen molar-refractivity contribution in [1.82, 2.24) is 10.3 Å². The zero-order chi connectivity index (χ0) is 12.0. The molecule has 0 spiro atoms. The van der Waals surface area contributed by atoms with Crippen LogP contribution in [0.25, 0.3) is 0 Å². The highest BCUT2D eigenvalue weighted by Crippen LogP contribution is 2.14. The lowest BCUT2D eigenvalue weighted by Gasteiger charge is -2.20. The number of nitrogens with one attached hydrogen (secondary N) is 1. The van der Waals surface area contributed by atoms with Gasteiger partial charge in [-0.25, -0.2) is 0 Å². The van der Waals surface area contributed by atoms with Crippen LogP contribution in [0.5, 0.6) is 0 Å². The maximum atomic E-state index is 5.89. The second kappa shape index (κ2) is 6.45. The molecule has 0 aliphatic carbocycles. The minimum atomic E-state index is 0.246. The number of hydrogen-bond acceptors (Lipinski definition) is 4. The normalized spacial score (nSPS) is 14.7. The lowest BCUT2D eigenvalue weighted by Crippen LogP contribution is -2.31. The Morgan fingerprint density at radius 2 is 2.31 bits per heavy atom. The highest BCUT2D eigenvalue weighted by atomic mass is 16.5. The fourth-order valence-electron chi connectivity index (χ4n) is 1.67. The van der Waals surface area contributed by atoms with Gasteiger partial charge in [0.05, 0.1) is 6.10 Å². The molecule has 0 aromatic carbocycles. The molecule has 1 aromatic rings. The number of nitrogens with zero attached hydrogens (tertiary/aromatic N) is 1. The molecule has 4 heteroatoms. The van der Waals surface area contributed by atoms with Crippen LogP contribution in [0.15, 0.2) is 18.5 Å². The molecule has 0 radical (unpaired) electrons. The number of methoxy groups -OCH3 is 1. The van der Waals surface area contributed by atoms with Gasteiger partial charge in [-0.15, -0.1) is 0 Å². The summed E-state index contributed by atoms with van der Waals surface area (Å²) in [6.07, 6.45) is 5.63. The van der Waals surface area contributed by atoms with Gasteiger partial charge in [0, 0.05) is 31.2 Å². The molecule has 3 N–H and O–H groups in total. The largest absolute Gasteiger partial charge is 0.398 e. The third-order valence-electron chi connectivity index (χ3n) is 2.83. The van der Waals surface area contributed by atoms with Crippen LogP contribution in [0, 0.1) is 0 Å². The van der Waals surface area contributed by atoms with E-state index < -0.39 is 0 Å². The maximum absolute atomic E-state index is 5.89. The van der Waals surface area contributed by atoms with Crippen molar-refractivity contribution in [2.75, 3.05) is 19.9 Å². The first-order chi connectivity index (χ1) is 7.67. The van der Waals surface area contributed by atoms with Gasteiger partial charge in [0.1, 0.15) is 0 Å². The van der Waals surface area contributed by atoms with Crippen LogP contribution in [0.4, 0.5) is 5.69 Å². The molecule has 0 fully saturated rings. The molecule has 0 saturated carbocycles. The monoisotopic (exact) mass is 223 g/mol. The van der Waals surface area contributed by atoms with E-state index in [1.54, 1.807) is 13.3 Å². The number of nitrogen functional groups attached to an aromatic ring is 1. The predicted molar refractivity (Wildman–Crippen MR) is 66.3 cm³/mol. The molecule has 0 aliphatic rings. The summed E-state index contributed by atoms with van der Waals surface area (Å²) in [5, 5.41) is 3.28. The SMILES string of the molecule is CNC(Cc1cnccc1N)CC(C)OC. The van der Waals surface area contributed by atoms with Crippen LogP contribution < -0.4 is 11.1 Å². The van der Waals surface area contributed by atoms with Gasteiger partial charge in [-0.2, -0.15) is 0 Å². The van der Waals surface area contributed by atoms with E-state index in [1.165, 1.54) is 0 Å². The van der Waals surface area contributed by atoms with E-state index in [9.17, 15) is 0 Å². The van der Waals surface area contributed by atoms with E-state index in [4.69, 9.17) is 10.5 Å². The van der Waals surface area contributed by atoms with Crippen molar-refractivity contribution in [3.8, 4) is 0 Å². The number of pyridine rings is 1. The third kappa shape index (κ3) is 3.79. The summed E-state index contributed by atoms with van der Waals surface area (Å²) in [5.41, 5.74) is 7.78. The summed E-state index contributed by atoms with van der Waals surface area (Å²) in [4.78, 5) is 4.09. The number of hydrogen-bond donors (Lipinski definition) is 2. The zero-order valence-corrected chi connectivity index (χ0v) is 10.2. The Labute approximate surface area is 97.2 Å². The van der Waals surface area contributed by atoms with Crippen LogP contribution >= 0.6 is 0 Å². The van der Waals surface area contributed by atoms with Gasteiger partial charge in [-0.05, 0) is 38.4 Å². The Balaban J connectivity index is 2.60. The highest BCUT2D eigenvalue weighted by molar-refractivity contribution is 5.44. The fourth-order valence-corrected chi connectivity index (χ4v) is 1.67. The summed E-state index contributed by atoms with van der Waals surface area (Å²) in [6.45, 7) is 2.07. The van der Waals surface area contributed by atoms with E-state index in [0.717, 1.165) is 24.1 Å². The first kappa shape index (κ1) is 12.9. The average molecular weight is 223 g/mol. The van der Waals surface area contributed by atoms with Crippen molar-refractivity contribution in [2.45, 2.75) is 31.9 Å². The molecule has 2 unspecified atom stereocenters. The van der Waals surface area contributed by atoms with Gasteiger partial charge in [-0.1, -0.05) is 0 Å². The first-order valence-corrected chi connectivity index (χ1v) is 5.55. The van der Waals surface area contributed by atoms with Crippen LogP contribution in [0.3, 0.4) is 0 Å². The van der Waals surface area contributed by atoms with Gasteiger partial charge in [0.2, 0.25) is 0 Å². The average Bonchev–Trinajstić information content (AvgIpc) is 2.30. The molecule has 0 aliphatic heterocycles. The summed E-state index contributed by atoms with van der Waals surface area (Å²) in [7, 11) is 3.69. The summed E-state index contributed by atoms with van der Waals surface area (Å²) in [5.74, 6) is 0. The van der Waals surface area contributed by atoms with E-state index >= 15 is 0 Å². The van der Waals surface area contributed by atoms with Crippen molar-refractivity contribution < 1.29 is 4.74 Å². The second-order valence-electron chi connectivity index (χ2n) is 4.05. The molecule has 1 aromatic heterocycles.